The quantitative estimate of drug-likeness (QED) is 0.573. The van der Waals surface area contributed by atoms with Crippen molar-refractivity contribution in [1.82, 2.24) is 19.5 Å². The third-order valence-corrected chi connectivity index (χ3v) is 6.77. The van der Waals surface area contributed by atoms with Crippen molar-refractivity contribution in [1.29, 1.82) is 0 Å². The molecule has 3 rings (SSSR count). The van der Waals surface area contributed by atoms with Crippen LogP contribution in [0.15, 0.2) is 35.3 Å². The maximum atomic E-state index is 13.4. The van der Waals surface area contributed by atoms with Crippen molar-refractivity contribution in [3.63, 3.8) is 0 Å². The van der Waals surface area contributed by atoms with Crippen molar-refractivity contribution in [2.75, 3.05) is 0 Å². The number of aryl methyl sites for hydroxylation is 3. The first-order valence-electron chi connectivity index (χ1n) is 9.54. The zero-order chi connectivity index (χ0) is 22.9. The largest absolute Gasteiger partial charge is 0.424 e. The van der Waals surface area contributed by atoms with Gasteiger partial charge in [-0.05, 0) is 57.5 Å². The summed E-state index contributed by atoms with van der Waals surface area (Å²) in [4.78, 5) is 24.8. The minimum absolute atomic E-state index is 0.0139. The molecule has 0 aliphatic heterocycles. The van der Waals surface area contributed by atoms with Gasteiger partial charge in [0.15, 0.2) is 21.5 Å². The fourth-order valence-corrected chi connectivity index (χ4v) is 3.63. The van der Waals surface area contributed by atoms with Crippen LogP contribution in [0, 0.1) is 19.7 Å². The number of hydrogen-bond donors (Lipinski definition) is 0. The Morgan fingerprint density at radius 3 is 2.42 bits per heavy atom. The molecule has 0 unspecified atom stereocenters. The third-order valence-electron chi connectivity index (χ3n) is 4.67. The lowest BCUT2D eigenvalue weighted by Gasteiger charge is -2.12. The lowest BCUT2D eigenvalue weighted by molar-refractivity contribution is 0.433. The van der Waals surface area contributed by atoms with Gasteiger partial charge >= 0.3 is 6.01 Å². The fraction of sp³-hybridized carbons (Fsp3) is 0.333. The molecule has 0 atom stereocenters. The molecule has 0 aliphatic carbocycles. The van der Waals surface area contributed by atoms with Gasteiger partial charge in [0.1, 0.15) is 17.3 Å². The molecule has 0 spiro atoms. The van der Waals surface area contributed by atoms with E-state index in [-0.39, 0.29) is 23.2 Å². The first-order chi connectivity index (χ1) is 14.5. The van der Waals surface area contributed by atoms with E-state index in [1.54, 1.807) is 47.0 Å². The van der Waals surface area contributed by atoms with E-state index in [4.69, 9.17) is 4.74 Å². The van der Waals surface area contributed by atoms with E-state index in [1.165, 1.54) is 22.8 Å². The Hall–Kier alpha value is -3.14. The van der Waals surface area contributed by atoms with Crippen LogP contribution in [0.1, 0.15) is 30.8 Å². The van der Waals surface area contributed by atoms with Gasteiger partial charge in [0.25, 0.3) is 5.56 Å². The average Bonchev–Trinajstić information content (AvgIpc) is 2.67. The highest BCUT2D eigenvalue weighted by molar-refractivity contribution is 7.91. The molecular formula is C21H23FN4O4S. The molecule has 1 aromatic carbocycles. The Bertz CT molecular complexity index is 1280. The van der Waals surface area contributed by atoms with Gasteiger partial charge in [0.05, 0.1) is 5.25 Å². The van der Waals surface area contributed by atoms with Crippen LogP contribution in [-0.4, -0.2) is 33.2 Å². The monoisotopic (exact) mass is 446 g/mol. The van der Waals surface area contributed by atoms with Crippen LogP contribution < -0.4 is 10.3 Å². The molecule has 164 valence electrons. The average molecular weight is 447 g/mol. The summed E-state index contributed by atoms with van der Waals surface area (Å²) < 4.78 is 45.4. The SMILES string of the molecule is Cc1cc(F)ccc1Oc1nc(CS(=O)(=O)C(C)C)nc(-c2cc(C)c(=O)n(C)c2)n1. The summed E-state index contributed by atoms with van der Waals surface area (Å²) in [5, 5.41) is -0.615. The van der Waals surface area contributed by atoms with Gasteiger partial charge in [0.2, 0.25) is 0 Å². The van der Waals surface area contributed by atoms with E-state index < -0.39 is 26.7 Å². The third kappa shape index (κ3) is 5.13. The van der Waals surface area contributed by atoms with Gasteiger partial charge in [-0.2, -0.15) is 9.97 Å². The zero-order valence-corrected chi connectivity index (χ0v) is 18.7. The van der Waals surface area contributed by atoms with Gasteiger partial charge < -0.3 is 9.30 Å². The molecule has 0 aliphatic rings. The van der Waals surface area contributed by atoms with Crippen LogP contribution in [0.5, 0.6) is 11.8 Å². The number of pyridine rings is 1. The summed E-state index contributed by atoms with van der Waals surface area (Å²) in [6.45, 7) is 6.48. The van der Waals surface area contributed by atoms with Crippen LogP contribution in [-0.2, 0) is 22.6 Å². The highest BCUT2D eigenvalue weighted by Crippen LogP contribution is 2.25. The standard InChI is InChI=1S/C21H23FN4O4S/c1-12(2)31(28,29)11-18-23-19(15-8-14(4)20(27)26(5)10-15)25-21(24-18)30-17-7-6-16(22)9-13(17)3/h6-10,12H,11H2,1-5H3. The Morgan fingerprint density at radius 2 is 1.81 bits per heavy atom. The number of hydrogen-bond acceptors (Lipinski definition) is 7. The van der Waals surface area contributed by atoms with Crippen LogP contribution in [0.4, 0.5) is 4.39 Å². The van der Waals surface area contributed by atoms with Crippen molar-refractivity contribution in [3.05, 3.63) is 63.6 Å². The number of ether oxygens (including phenoxy) is 1. The molecule has 0 radical (unpaired) electrons. The number of nitrogens with zero attached hydrogens (tertiary/aromatic N) is 4. The molecule has 0 saturated carbocycles. The number of halogens is 1. The summed E-state index contributed by atoms with van der Waals surface area (Å²) in [5.74, 6) is -0.306. The second-order valence-electron chi connectivity index (χ2n) is 7.55. The normalized spacial score (nSPS) is 11.7. The molecular weight excluding hydrogens is 423 g/mol. The van der Waals surface area contributed by atoms with Gasteiger partial charge in [-0.3, -0.25) is 4.79 Å². The second-order valence-corrected chi connectivity index (χ2v) is 10.1. The van der Waals surface area contributed by atoms with E-state index in [1.807, 2.05) is 0 Å². The molecule has 0 saturated heterocycles. The number of rotatable bonds is 6. The zero-order valence-electron chi connectivity index (χ0n) is 17.9. The summed E-state index contributed by atoms with van der Waals surface area (Å²) in [6, 6.07) is 5.48. The Morgan fingerprint density at radius 1 is 1.10 bits per heavy atom. The molecule has 0 bridgehead atoms. The van der Waals surface area contributed by atoms with Crippen LogP contribution in [0.2, 0.25) is 0 Å². The molecule has 2 heterocycles. The number of aromatic nitrogens is 4. The van der Waals surface area contributed by atoms with E-state index in [0.29, 0.717) is 22.4 Å². The van der Waals surface area contributed by atoms with Gasteiger partial charge in [0, 0.05) is 24.4 Å². The van der Waals surface area contributed by atoms with Crippen molar-refractivity contribution >= 4 is 9.84 Å². The second kappa shape index (κ2) is 8.54. The maximum absolute atomic E-state index is 13.4. The first-order valence-corrected chi connectivity index (χ1v) is 11.3. The lowest BCUT2D eigenvalue weighted by atomic mass is 10.2. The predicted molar refractivity (Wildman–Crippen MR) is 114 cm³/mol. The first kappa shape index (κ1) is 22.5. The van der Waals surface area contributed by atoms with Crippen LogP contribution in [0.25, 0.3) is 11.4 Å². The Kier molecular flexibility index (Phi) is 6.21. The molecule has 0 N–H and O–H groups in total. The molecule has 2 aromatic heterocycles. The van der Waals surface area contributed by atoms with Crippen molar-refractivity contribution in [2.45, 2.75) is 38.7 Å². The predicted octanol–water partition coefficient (Wildman–Crippen LogP) is 3.11. The Balaban J connectivity index is 2.13. The van der Waals surface area contributed by atoms with Crippen LogP contribution in [0.3, 0.4) is 0 Å². The lowest BCUT2D eigenvalue weighted by Crippen LogP contribution is -2.20. The Labute approximate surface area is 179 Å². The molecule has 3 aromatic rings. The smallest absolute Gasteiger partial charge is 0.325 e. The maximum Gasteiger partial charge on any atom is 0.325 e. The van der Waals surface area contributed by atoms with Crippen molar-refractivity contribution < 1.29 is 17.5 Å². The minimum atomic E-state index is -3.49. The topological polar surface area (TPSA) is 104 Å². The summed E-state index contributed by atoms with van der Waals surface area (Å²) in [5.41, 5.74) is 1.34. The van der Waals surface area contributed by atoms with E-state index in [2.05, 4.69) is 15.0 Å². The summed E-state index contributed by atoms with van der Waals surface area (Å²) in [7, 11) is -1.89. The molecule has 31 heavy (non-hydrogen) atoms. The van der Waals surface area contributed by atoms with E-state index in [9.17, 15) is 17.6 Å². The van der Waals surface area contributed by atoms with Crippen molar-refractivity contribution in [2.24, 2.45) is 7.05 Å². The van der Waals surface area contributed by atoms with E-state index >= 15 is 0 Å². The van der Waals surface area contributed by atoms with Gasteiger partial charge in [-0.1, -0.05) is 0 Å². The van der Waals surface area contributed by atoms with Gasteiger partial charge in [-0.25, -0.2) is 17.8 Å². The molecule has 0 fully saturated rings. The molecule has 8 nitrogen and oxygen atoms in total. The number of sulfone groups is 1. The molecule has 10 heteroatoms. The molecule has 0 amide bonds. The summed E-state index contributed by atoms with van der Waals surface area (Å²) in [6.07, 6.45) is 1.55. The van der Waals surface area contributed by atoms with Gasteiger partial charge in [-0.15, -0.1) is 0 Å². The fourth-order valence-electron chi connectivity index (χ4n) is 2.81. The van der Waals surface area contributed by atoms with Crippen LogP contribution >= 0.6 is 0 Å². The van der Waals surface area contributed by atoms with Crippen molar-refractivity contribution in [3.8, 4) is 23.1 Å². The number of benzene rings is 1. The summed E-state index contributed by atoms with van der Waals surface area (Å²) >= 11 is 0. The highest BCUT2D eigenvalue weighted by atomic mass is 32.2. The minimum Gasteiger partial charge on any atom is -0.424 e. The highest BCUT2D eigenvalue weighted by Gasteiger charge is 2.21. The van der Waals surface area contributed by atoms with E-state index in [0.717, 1.165) is 0 Å².